The molecule has 0 aliphatic heterocycles. The fourth-order valence-corrected chi connectivity index (χ4v) is 0.939. The molecule has 0 heterocycles. The van der Waals surface area contributed by atoms with Gasteiger partial charge in [-0.05, 0) is 0 Å². The van der Waals surface area contributed by atoms with Gasteiger partial charge in [-0.2, -0.15) is 0 Å². The van der Waals surface area contributed by atoms with Crippen LogP contribution < -0.4 is 4.72 Å². The molecule has 1 N–H and O–H groups in total. The summed E-state index contributed by atoms with van der Waals surface area (Å²) in [6, 6.07) is 0. The Morgan fingerprint density at radius 3 is 2.54 bits per heavy atom. The first-order valence-corrected chi connectivity index (χ1v) is 5.58. The highest BCUT2D eigenvalue weighted by Gasteiger charge is 2.15. The smallest absolute Gasteiger partial charge is 0.352 e. The van der Waals surface area contributed by atoms with Crippen LogP contribution in [0, 0.1) is 0 Å². The minimum absolute atomic E-state index is 0.368. The Kier molecular flexibility index (Phi) is 5.84. The van der Waals surface area contributed by atoms with Gasteiger partial charge in [0.15, 0.2) is 12.2 Å². The predicted molar refractivity (Wildman–Crippen MR) is 49.6 cm³/mol. The molecule has 2 amide bonds. The molecule has 0 fully saturated rings. The SMILES string of the molecule is CC(=O)NSOC(=O)N(C)S(=O)Cl. The van der Waals surface area contributed by atoms with E-state index < -0.39 is 16.3 Å². The molecule has 0 saturated heterocycles. The number of halogens is 1. The molecule has 0 radical (unpaired) electrons. The van der Waals surface area contributed by atoms with Crippen molar-refractivity contribution < 1.29 is 18.0 Å². The maximum atomic E-state index is 10.8. The zero-order chi connectivity index (χ0) is 10.4. The third kappa shape index (κ3) is 5.72. The maximum Gasteiger partial charge on any atom is 0.436 e. The maximum absolute atomic E-state index is 10.8. The lowest BCUT2D eigenvalue weighted by molar-refractivity contribution is -0.117. The van der Waals surface area contributed by atoms with E-state index >= 15 is 0 Å². The molecule has 0 rings (SSSR count). The Balaban J connectivity index is 3.75. The molecule has 1 atom stereocenters. The van der Waals surface area contributed by atoms with Crippen LogP contribution >= 0.6 is 22.9 Å². The standard InChI is InChI=1S/C4H7ClN2O4S2/c1-3(8)6-12-11-4(9)7(2)13(5)10/h1-2H3,(H,6,8). The van der Waals surface area contributed by atoms with Crippen LogP contribution in [0.3, 0.4) is 0 Å². The van der Waals surface area contributed by atoms with Crippen LogP contribution in [0.25, 0.3) is 0 Å². The van der Waals surface area contributed by atoms with Crippen LogP contribution in [0.1, 0.15) is 6.92 Å². The molecule has 0 spiro atoms. The summed E-state index contributed by atoms with van der Waals surface area (Å²) in [7, 11) is 4.31. The van der Waals surface area contributed by atoms with Gasteiger partial charge >= 0.3 is 6.09 Å². The molecule has 0 aromatic carbocycles. The van der Waals surface area contributed by atoms with Gasteiger partial charge in [0.1, 0.15) is 0 Å². The Bertz CT molecular complexity index is 236. The first-order valence-electron chi connectivity index (χ1n) is 2.91. The van der Waals surface area contributed by atoms with Gasteiger partial charge in [-0.3, -0.25) is 9.52 Å². The van der Waals surface area contributed by atoms with Crippen molar-refractivity contribution in [2.75, 3.05) is 7.05 Å². The summed E-state index contributed by atoms with van der Waals surface area (Å²) < 4.78 is 17.7. The average Bonchev–Trinajstić information content (AvgIpc) is 2.02. The number of hydrogen-bond donors (Lipinski definition) is 1. The van der Waals surface area contributed by atoms with Crippen LogP contribution in [-0.2, 0) is 19.2 Å². The van der Waals surface area contributed by atoms with Crippen molar-refractivity contribution in [3.8, 4) is 0 Å². The average molecular weight is 247 g/mol. The predicted octanol–water partition coefficient (Wildman–Crippen LogP) is 0.572. The van der Waals surface area contributed by atoms with Crippen LogP contribution in [0.5, 0.6) is 0 Å². The minimum atomic E-state index is -1.95. The van der Waals surface area contributed by atoms with Gasteiger partial charge < -0.3 is 4.18 Å². The van der Waals surface area contributed by atoms with E-state index in [0.29, 0.717) is 16.5 Å². The molecule has 0 aromatic heterocycles. The van der Waals surface area contributed by atoms with E-state index in [0.717, 1.165) is 0 Å². The lowest BCUT2D eigenvalue weighted by Crippen LogP contribution is -2.26. The highest BCUT2D eigenvalue weighted by Crippen LogP contribution is 2.05. The summed E-state index contributed by atoms with van der Waals surface area (Å²) in [5.41, 5.74) is 0. The van der Waals surface area contributed by atoms with E-state index in [1.54, 1.807) is 0 Å². The summed E-state index contributed by atoms with van der Waals surface area (Å²) >= 11 is 0.431. The second-order valence-electron chi connectivity index (χ2n) is 1.79. The van der Waals surface area contributed by atoms with Gasteiger partial charge in [0.25, 0.3) is 0 Å². The molecule has 0 saturated carbocycles. The Labute approximate surface area is 86.4 Å². The zero-order valence-electron chi connectivity index (χ0n) is 6.77. The van der Waals surface area contributed by atoms with Crippen LogP contribution in [0.15, 0.2) is 0 Å². The summed E-state index contributed by atoms with van der Waals surface area (Å²) in [5.74, 6) is -0.368. The third-order valence-corrected chi connectivity index (χ3v) is 2.57. The second kappa shape index (κ2) is 6.06. The second-order valence-corrected chi connectivity index (χ2v) is 4.09. The minimum Gasteiger partial charge on any atom is -0.352 e. The lowest BCUT2D eigenvalue weighted by atomic mass is 10.8. The summed E-state index contributed by atoms with van der Waals surface area (Å²) in [6.07, 6.45) is -0.910. The molecule has 9 heteroatoms. The number of amides is 2. The van der Waals surface area contributed by atoms with Crippen molar-refractivity contribution in [1.82, 2.24) is 9.03 Å². The lowest BCUT2D eigenvalue weighted by Gasteiger charge is -2.09. The fraction of sp³-hybridized carbons (Fsp3) is 0.500. The van der Waals surface area contributed by atoms with Crippen molar-refractivity contribution in [1.29, 1.82) is 0 Å². The highest BCUT2D eigenvalue weighted by molar-refractivity contribution is 8.06. The molecule has 6 nitrogen and oxygen atoms in total. The molecule has 76 valence electrons. The van der Waals surface area contributed by atoms with Gasteiger partial charge in [0.05, 0.1) is 0 Å². The Morgan fingerprint density at radius 2 is 2.15 bits per heavy atom. The molecular weight excluding hydrogens is 240 g/mol. The fourth-order valence-electron chi connectivity index (χ4n) is 0.226. The van der Waals surface area contributed by atoms with Gasteiger partial charge in [0.2, 0.25) is 16.1 Å². The van der Waals surface area contributed by atoms with Gasteiger partial charge in [-0.25, -0.2) is 13.3 Å². The van der Waals surface area contributed by atoms with Crippen LogP contribution in [0.2, 0.25) is 0 Å². The summed E-state index contributed by atoms with van der Waals surface area (Å²) in [4.78, 5) is 21.1. The number of carbonyl (C=O) groups is 2. The number of hydrogen-bond acceptors (Lipinski definition) is 5. The number of nitrogens with zero attached hydrogens (tertiary/aromatic N) is 1. The van der Waals surface area contributed by atoms with Crippen molar-refractivity contribution in [3.05, 3.63) is 0 Å². The molecule has 0 aliphatic carbocycles. The molecule has 0 aromatic rings. The van der Waals surface area contributed by atoms with Crippen molar-refractivity contribution in [2.24, 2.45) is 0 Å². The molecule has 0 aliphatic rings. The highest BCUT2D eigenvalue weighted by atomic mass is 35.7. The third-order valence-electron chi connectivity index (χ3n) is 0.771. The van der Waals surface area contributed by atoms with Crippen molar-refractivity contribution >= 4 is 45.1 Å². The summed E-state index contributed by atoms with van der Waals surface area (Å²) in [6.45, 7) is 1.25. The summed E-state index contributed by atoms with van der Waals surface area (Å²) in [5, 5.41) is 0. The quantitative estimate of drug-likeness (QED) is 0.448. The molecule has 1 unspecified atom stereocenters. The van der Waals surface area contributed by atoms with Gasteiger partial charge in [0, 0.05) is 24.7 Å². The van der Waals surface area contributed by atoms with E-state index in [2.05, 4.69) is 8.91 Å². The van der Waals surface area contributed by atoms with Crippen LogP contribution in [-0.4, -0.2) is 27.6 Å². The van der Waals surface area contributed by atoms with Crippen molar-refractivity contribution in [2.45, 2.75) is 6.92 Å². The van der Waals surface area contributed by atoms with E-state index in [1.807, 2.05) is 0 Å². The first-order chi connectivity index (χ1) is 5.95. The first kappa shape index (κ1) is 12.5. The Morgan fingerprint density at radius 1 is 1.62 bits per heavy atom. The van der Waals surface area contributed by atoms with E-state index in [1.165, 1.54) is 14.0 Å². The van der Waals surface area contributed by atoms with Gasteiger partial charge in [-0.15, -0.1) is 0 Å². The van der Waals surface area contributed by atoms with Gasteiger partial charge in [-0.1, -0.05) is 0 Å². The monoisotopic (exact) mass is 246 g/mol. The number of nitrogens with one attached hydrogen (secondary N) is 1. The normalized spacial score (nSPS) is 11.6. The van der Waals surface area contributed by atoms with E-state index in [9.17, 15) is 13.8 Å². The molecular formula is C4H7ClN2O4S2. The number of carbonyl (C=O) groups excluding carboxylic acids is 2. The topological polar surface area (TPSA) is 75.7 Å². The largest absolute Gasteiger partial charge is 0.436 e. The van der Waals surface area contributed by atoms with E-state index in [4.69, 9.17) is 10.7 Å². The number of rotatable bonds is 3. The molecule has 0 bridgehead atoms. The Hall–Kier alpha value is -0.470. The van der Waals surface area contributed by atoms with E-state index in [-0.39, 0.29) is 5.91 Å². The molecule has 13 heavy (non-hydrogen) atoms. The van der Waals surface area contributed by atoms with Crippen LogP contribution in [0.4, 0.5) is 4.79 Å². The zero-order valence-corrected chi connectivity index (χ0v) is 9.16. The van der Waals surface area contributed by atoms with Crippen molar-refractivity contribution in [3.63, 3.8) is 0 Å².